The summed E-state index contributed by atoms with van der Waals surface area (Å²) in [5, 5.41) is 6.42. The minimum atomic E-state index is -0.114. The SMILES string of the molecule is O=C(C#Cc1cccc2ccccc12)N1CCC(c2nc(-c3ccc(Cl)c(Cl)c3)cs2)CC1. The highest BCUT2D eigenvalue weighted by Gasteiger charge is 2.25. The van der Waals surface area contributed by atoms with Crippen molar-refractivity contribution in [2.75, 3.05) is 13.1 Å². The van der Waals surface area contributed by atoms with Gasteiger partial charge in [0.25, 0.3) is 5.91 Å². The minimum Gasteiger partial charge on any atom is -0.332 e. The van der Waals surface area contributed by atoms with Crippen molar-refractivity contribution >= 4 is 51.2 Å². The number of likely N-dealkylation sites (tertiary alicyclic amines) is 1. The number of hydrogen-bond acceptors (Lipinski definition) is 3. The van der Waals surface area contributed by atoms with Gasteiger partial charge in [-0.2, -0.15) is 0 Å². The summed E-state index contributed by atoms with van der Waals surface area (Å²) in [7, 11) is 0. The summed E-state index contributed by atoms with van der Waals surface area (Å²) in [5.41, 5.74) is 2.75. The molecule has 4 aromatic rings. The number of fused-ring (bicyclic) bond motifs is 1. The van der Waals surface area contributed by atoms with Crippen LogP contribution in [0.25, 0.3) is 22.0 Å². The third kappa shape index (κ3) is 4.77. The second-order valence-corrected chi connectivity index (χ2v) is 9.75. The first-order valence-corrected chi connectivity index (χ1v) is 12.4. The molecule has 0 saturated carbocycles. The average molecular weight is 491 g/mol. The third-order valence-electron chi connectivity index (χ3n) is 5.96. The van der Waals surface area contributed by atoms with Gasteiger partial charge in [-0.25, -0.2) is 4.98 Å². The minimum absolute atomic E-state index is 0.114. The van der Waals surface area contributed by atoms with E-state index in [2.05, 4.69) is 29.4 Å². The zero-order valence-corrected chi connectivity index (χ0v) is 20.1. The molecule has 33 heavy (non-hydrogen) atoms. The maximum Gasteiger partial charge on any atom is 0.298 e. The second kappa shape index (κ2) is 9.57. The molecule has 0 aliphatic carbocycles. The van der Waals surface area contributed by atoms with Gasteiger partial charge in [-0.05, 0) is 41.8 Å². The lowest BCUT2D eigenvalue weighted by Gasteiger charge is -2.29. The lowest BCUT2D eigenvalue weighted by Crippen LogP contribution is -2.37. The molecule has 1 aromatic heterocycles. The lowest BCUT2D eigenvalue weighted by atomic mass is 9.97. The van der Waals surface area contributed by atoms with Crippen LogP contribution in [-0.4, -0.2) is 28.9 Å². The standard InChI is InChI=1S/C27H20Cl2N2OS/c28-23-10-8-21(16-24(23)29)25-17-33-27(30-25)20-12-14-31(15-13-20)26(32)11-9-19-6-3-5-18-4-1-2-7-22(18)19/h1-8,10,16-17,20H,12-15H2. The van der Waals surface area contributed by atoms with Gasteiger partial charge < -0.3 is 4.90 Å². The van der Waals surface area contributed by atoms with Crippen molar-refractivity contribution in [3.8, 4) is 23.1 Å². The fraction of sp³-hybridized carbons (Fsp3) is 0.185. The van der Waals surface area contributed by atoms with E-state index in [0.29, 0.717) is 29.1 Å². The molecule has 6 heteroatoms. The van der Waals surface area contributed by atoms with Gasteiger partial charge in [0.05, 0.1) is 20.7 Å². The van der Waals surface area contributed by atoms with Gasteiger partial charge in [-0.1, -0.05) is 71.6 Å². The molecule has 1 aliphatic heterocycles. The Balaban J connectivity index is 1.24. The van der Waals surface area contributed by atoms with E-state index in [9.17, 15) is 4.79 Å². The number of piperidine rings is 1. The van der Waals surface area contributed by atoms with Crippen molar-refractivity contribution < 1.29 is 4.79 Å². The number of thiazole rings is 1. The molecular weight excluding hydrogens is 471 g/mol. The monoisotopic (exact) mass is 490 g/mol. The van der Waals surface area contributed by atoms with E-state index in [-0.39, 0.29) is 5.91 Å². The van der Waals surface area contributed by atoms with Gasteiger partial charge in [0, 0.05) is 41.4 Å². The van der Waals surface area contributed by atoms with Crippen molar-refractivity contribution in [1.82, 2.24) is 9.88 Å². The van der Waals surface area contributed by atoms with Gasteiger partial charge >= 0.3 is 0 Å². The summed E-state index contributed by atoms with van der Waals surface area (Å²) >= 11 is 13.8. The number of nitrogens with zero attached hydrogens (tertiary/aromatic N) is 2. The van der Waals surface area contributed by atoms with E-state index in [1.54, 1.807) is 17.4 Å². The summed E-state index contributed by atoms with van der Waals surface area (Å²) in [5.74, 6) is 6.17. The molecule has 1 saturated heterocycles. The highest BCUT2D eigenvalue weighted by molar-refractivity contribution is 7.10. The van der Waals surface area contributed by atoms with Crippen LogP contribution in [0, 0.1) is 11.8 Å². The largest absolute Gasteiger partial charge is 0.332 e. The van der Waals surface area contributed by atoms with E-state index in [1.165, 1.54) is 0 Å². The fourth-order valence-electron chi connectivity index (χ4n) is 4.13. The topological polar surface area (TPSA) is 33.2 Å². The van der Waals surface area contributed by atoms with Crippen LogP contribution in [0.1, 0.15) is 29.3 Å². The van der Waals surface area contributed by atoms with Gasteiger partial charge in [-0.3, -0.25) is 4.79 Å². The van der Waals surface area contributed by atoms with Crippen LogP contribution in [-0.2, 0) is 4.79 Å². The smallest absolute Gasteiger partial charge is 0.298 e. The number of amides is 1. The molecule has 1 aliphatic rings. The first-order valence-electron chi connectivity index (χ1n) is 10.8. The van der Waals surface area contributed by atoms with Gasteiger partial charge in [0.1, 0.15) is 0 Å². The summed E-state index contributed by atoms with van der Waals surface area (Å²) in [6.45, 7) is 1.38. The number of hydrogen-bond donors (Lipinski definition) is 0. The average Bonchev–Trinajstić information content (AvgIpc) is 3.35. The second-order valence-electron chi connectivity index (χ2n) is 8.04. The van der Waals surface area contributed by atoms with Crippen LogP contribution in [0.5, 0.6) is 0 Å². The number of rotatable bonds is 2. The molecule has 0 radical (unpaired) electrons. The Morgan fingerprint density at radius 2 is 1.79 bits per heavy atom. The van der Waals surface area contributed by atoms with Crippen LogP contribution in [0.4, 0.5) is 0 Å². The maximum absolute atomic E-state index is 12.7. The Morgan fingerprint density at radius 1 is 1.00 bits per heavy atom. The summed E-state index contributed by atoms with van der Waals surface area (Å²) in [4.78, 5) is 19.4. The van der Waals surface area contributed by atoms with E-state index < -0.39 is 0 Å². The fourth-order valence-corrected chi connectivity index (χ4v) is 5.43. The molecule has 1 fully saturated rings. The molecule has 3 nitrogen and oxygen atoms in total. The Bertz CT molecular complexity index is 1390. The van der Waals surface area contributed by atoms with Crippen LogP contribution < -0.4 is 0 Å². The Morgan fingerprint density at radius 3 is 2.61 bits per heavy atom. The van der Waals surface area contributed by atoms with Crippen LogP contribution in [0.2, 0.25) is 10.0 Å². The summed E-state index contributed by atoms with van der Waals surface area (Å²) in [6, 6.07) is 19.7. The number of carbonyl (C=O) groups excluding carboxylic acids is 1. The summed E-state index contributed by atoms with van der Waals surface area (Å²) < 4.78 is 0. The first-order chi connectivity index (χ1) is 16.1. The predicted molar refractivity (Wildman–Crippen MR) is 137 cm³/mol. The van der Waals surface area contributed by atoms with Crippen molar-refractivity contribution in [3.05, 3.63) is 86.7 Å². The van der Waals surface area contributed by atoms with E-state index >= 15 is 0 Å². The van der Waals surface area contributed by atoms with Crippen LogP contribution in [0.3, 0.4) is 0 Å². The third-order valence-corrected chi connectivity index (χ3v) is 7.71. The van der Waals surface area contributed by atoms with Crippen molar-refractivity contribution in [2.24, 2.45) is 0 Å². The zero-order valence-electron chi connectivity index (χ0n) is 17.7. The van der Waals surface area contributed by atoms with E-state index in [1.807, 2.05) is 47.4 Å². The van der Waals surface area contributed by atoms with Gasteiger partial charge in [0.15, 0.2) is 0 Å². The maximum atomic E-state index is 12.7. The number of carbonyl (C=O) groups is 1. The van der Waals surface area contributed by atoms with Gasteiger partial charge in [-0.15, -0.1) is 11.3 Å². The highest BCUT2D eigenvalue weighted by atomic mass is 35.5. The molecule has 0 atom stereocenters. The molecule has 2 heterocycles. The number of halogens is 2. The Hall–Kier alpha value is -2.84. The molecule has 0 N–H and O–H groups in total. The van der Waals surface area contributed by atoms with E-state index in [0.717, 1.165) is 45.4 Å². The molecule has 5 rings (SSSR count). The predicted octanol–water partition coefficient (Wildman–Crippen LogP) is 7.03. The quantitative estimate of drug-likeness (QED) is 0.282. The molecular formula is C27H20Cl2N2OS. The number of aromatic nitrogens is 1. The van der Waals surface area contributed by atoms with Crippen LogP contribution >= 0.6 is 34.5 Å². The van der Waals surface area contributed by atoms with Gasteiger partial charge in [0.2, 0.25) is 0 Å². The van der Waals surface area contributed by atoms with Crippen LogP contribution in [0.15, 0.2) is 66.0 Å². The lowest BCUT2D eigenvalue weighted by molar-refractivity contribution is -0.126. The molecule has 164 valence electrons. The van der Waals surface area contributed by atoms with Crippen molar-refractivity contribution in [2.45, 2.75) is 18.8 Å². The summed E-state index contributed by atoms with van der Waals surface area (Å²) in [6.07, 6.45) is 1.77. The zero-order chi connectivity index (χ0) is 22.8. The molecule has 0 bridgehead atoms. The van der Waals surface area contributed by atoms with Crippen molar-refractivity contribution in [1.29, 1.82) is 0 Å². The molecule has 3 aromatic carbocycles. The first kappa shape index (κ1) is 22.0. The molecule has 1 amide bonds. The number of benzene rings is 3. The molecule has 0 unspecified atom stereocenters. The highest BCUT2D eigenvalue weighted by Crippen LogP contribution is 2.34. The normalized spacial score (nSPS) is 14.2. The van der Waals surface area contributed by atoms with Crippen molar-refractivity contribution in [3.63, 3.8) is 0 Å². The van der Waals surface area contributed by atoms with E-state index in [4.69, 9.17) is 28.2 Å². The Kier molecular flexibility index (Phi) is 6.37. The molecule has 0 spiro atoms. The Labute approximate surface area is 207 Å².